The van der Waals surface area contributed by atoms with E-state index in [0.717, 1.165) is 44.2 Å². The van der Waals surface area contributed by atoms with E-state index < -0.39 is 11.8 Å². The molecule has 0 aliphatic heterocycles. The average Bonchev–Trinajstić information content (AvgIpc) is 3.11. The lowest BCUT2D eigenvalue weighted by Crippen LogP contribution is -2.32. The van der Waals surface area contributed by atoms with Gasteiger partial charge in [-0.1, -0.05) is 32.9 Å². The molecule has 0 radical (unpaired) electrons. The maximum atomic E-state index is 8.87. The maximum Gasteiger partial charge on any atom is 0.227 e. The Kier molecular flexibility index (Phi) is 4.11. The Morgan fingerprint density at radius 3 is 2.47 bits per heavy atom. The first kappa shape index (κ1) is 18.4. The molecule has 0 aliphatic carbocycles. The molecule has 3 aromatic heterocycles. The predicted octanol–water partition coefficient (Wildman–Crippen LogP) is 7.14. The minimum absolute atomic E-state index is 0.531. The summed E-state index contributed by atoms with van der Waals surface area (Å²) < 4.78 is 26.3. The molecule has 3 heteroatoms. The summed E-state index contributed by atoms with van der Waals surface area (Å²) in [6.45, 7) is 12.1. The highest BCUT2D eigenvalue weighted by Crippen LogP contribution is 2.38. The zero-order chi connectivity index (χ0) is 24.6. The third-order valence-electron chi connectivity index (χ3n) is 6.27. The second-order valence-electron chi connectivity index (χ2n) is 9.87. The van der Waals surface area contributed by atoms with Gasteiger partial charge in [0.25, 0.3) is 0 Å². The van der Waals surface area contributed by atoms with Crippen molar-refractivity contribution in [2.75, 3.05) is 0 Å². The molecule has 3 heterocycles. The second-order valence-corrected chi connectivity index (χ2v) is 9.87. The largest absolute Gasteiger partial charge is 0.437 e. The predicted molar refractivity (Wildman–Crippen MR) is 133 cm³/mol. The molecule has 2 aromatic carbocycles. The van der Waals surface area contributed by atoms with Crippen molar-refractivity contribution >= 4 is 33.0 Å². The van der Waals surface area contributed by atoms with Crippen molar-refractivity contribution < 1.29 is 11.7 Å². The van der Waals surface area contributed by atoms with Crippen LogP contribution in [-0.2, 0) is 13.4 Å². The summed E-state index contributed by atoms with van der Waals surface area (Å²) in [5.74, 6) is 0. The van der Waals surface area contributed by atoms with Crippen LogP contribution in [0.15, 0.2) is 52.9 Å². The number of nitrogens with zero attached hydrogens (tertiary/aromatic N) is 2. The van der Waals surface area contributed by atoms with Gasteiger partial charge in [-0.2, -0.15) is 4.57 Å². The zero-order valence-corrected chi connectivity index (χ0v) is 19.9. The Bertz CT molecular complexity index is 1610. The average molecular weight is 426 g/mol. The van der Waals surface area contributed by atoms with Gasteiger partial charge in [0.1, 0.15) is 7.05 Å². The molecule has 0 spiro atoms. The van der Waals surface area contributed by atoms with Crippen molar-refractivity contribution in [2.24, 2.45) is 12.5 Å². The van der Waals surface area contributed by atoms with Gasteiger partial charge in [0.05, 0.1) is 5.56 Å². The summed E-state index contributed by atoms with van der Waals surface area (Å²) in [6, 6.07) is 16.4. The van der Waals surface area contributed by atoms with Crippen LogP contribution in [0.3, 0.4) is 0 Å². The first-order valence-electron chi connectivity index (χ1n) is 12.1. The number of aromatic nitrogens is 2. The smallest absolute Gasteiger partial charge is 0.227 e. The van der Waals surface area contributed by atoms with Gasteiger partial charge in [0.15, 0.2) is 5.58 Å². The second kappa shape index (κ2) is 7.16. The van der Waals surface area contributed by atoms with E-state index in [1.54, 1.807) is 0 Å². The Labute approximate surface area is 192 Å². The van der Waals surface area contributed by atoms with E-state index in [1.807, 2.05) is 52.9 Å². The van der Waals surface area contributed by atoms with Crippen LogP contribution in [0.2, 0.25) is 0 Å². The normalized spacial score (nSPS) is 13.7. The summed E-state index contributed by atoms with van der Waals surface area (Å²) in [5.41, 5.74) is 8.05. The summed E-state index contributed by atoms with van der Waals surface area (Å²) in [4.78, 5) is 4.63. The van der Waals surface area contributed by atoms with Crippen LogP contribution < -0.4 is 4.57 Å². The zero-order valence-electron chi connectivity index (χ0n) is 21.9. The van der Waals surface area contributed by atoms with Gasteiger partial charge >= 0.3 is 0 Å². The maximum absolute atomic E-state index is 8.87. The molecule has 5 aromatic rings. The highest BCUT2D eigenvalue weighted by atomic mass is 16.3. The number of hydrogen-bond acceptors (Lipinski definition) is 2. The van der Waals surface area contributed by atoms with Gasteiger partial charge in [-0.15, -0.1) is 0 Å². The third-order valence-corrected chi connectivity index (χ3v) is 6.27. The molecule has 32 heavy (non-hydrogen) atoms. The molecule has 0 unspecified atom stereocenters. The van der Waals surface area contributed by atoms with Gasteiger partial charge in [-0.25, -0.2) is 4.98 Å². The first-order valence-corrected chi connectivity index (χ1v) is 11.1. The highest BCUT2D eigenvalue weighted by molar-refractivity contribution is 6.09. The number of hydrogen-bond donors (Lipinski definition) is 0. The number of fused-ring (bicyclic) bond motifs is 4. The van der Waals surface area contributed by atoms with Crippen LogP contribution in [0.5, 0.6) is 0 Å². The Morgan fingerprint density at radius 2 is 1.72 bits per heavy atom. The van der Waals surface area contributed by atoms with Crippen molar-refractivity contribution in [3.63, 3.8) is 0 Å². The molecule has 0 N–H and O–H groups in total. The SMILES string of the molecule is [2H]C([2H])(c1cccc2c1ccc(-c1c(C)c(C)cc3c1oc1nc(C)ccc13)[n+]2C)C(C)(C)C. The lowest BCUT2D eigenvalue weighted by molar-refractivity contribution is -0.633. The topological polar surface area (TPSA) is 29.9 Å². The van der Waals surface area contributed by atoms with Crippen molar-refractivity contribution in [3.8, 4) is 11.3 Å². The monoisotopic (exact) mass is 425 g/mol. The van der Waals surface area contributed by atoms with E-state index in [4.69, 9.17) is 7.16 Å². The van der Waals surface area contributed by atoms with E-state index in [2.05, 4.69) is 53.7 Å². The molecule has 0 amide bonds. The summed E-state index contributed by atoms with van der Waals surface area (Å²) in [5, 5.41) is 3.02. The Hall–Kier alpha value is -3.20. The molecular formula is C29H31N2O+. The Balaban J connectivity index is 1.84. The summed E-state index contributed by atoms with van der Waals surface area (Å²) >= 11 is 0. The van der Waals surface area contributed by atoms with Crippen molar-refractivity contribution in [2.45, 2.75) is 47.9 Å². The molecule has 0 fully saturated rings. The molecule has 162 valence electrons. The van der Waals surface area contributed by atoms with Crippen LogP contribution >= 0.6 is 0 Å². The fraction of sp³-hybridized carbons (Fsp3) is 0.310. The quantitative estimate of drug-likeness (QED) is 0.281. The molecule has 0 atom stereocenters. The van der Waals surface area contributed by atoms with Crippen LogP contribution in [0.25, 0.3) is 44.2 Å². The number of furan rings is 1. The molecule has 0 saturated carbocycles. The first-order chi connectivity index (χ1) is 15.9. The van der Waals surface area contributed by atoms with Crippen LogP contribution in [0.1, 0.15) is 45.9 Å². The van der Waals surface area contributed by atoms with E-state index >= 15 is 0 Å². The molecule has 0 saturated heterocycles. The molecular weight excluding hydrogens is 392 g/mol. The number of rotatable bonds is 2. The molecule has 0 aliphatic rings. The minimum Gasteiger partial charge on any atom is -0.437 e. The van der Waals surface area contributed by atoms with E-state index in [0.29, 0.717) is 11.3 Å². The highest BCUT2D eigenvalue weighted by Gasteiger charge is 2.25. The van der Waals surface area contributed by atoms with Crippen LogP contribution in [-0.4, -0.2) is 4.98 Å². The molecule has 3 nitrogen and oxygen atoms in total. The number of pyridine rings is 2. The van der Waals surface area contributed by atoms with Crippen molar-refractivity contribution in [3.05, 3.63) is 70.9 Å². The summed E-state index contributed by atoms with van der Waals surface area (Å²) in [6.07, 6.45) is -1.48. The lowest BCUT2D eigenvalue weighted by Gasteiger charge is -2.19. The fourth-order valence-corrected chi connectivity index (χ4v) is 4.61. The van der Waals surface area contributed by atoms with Crippen molar-refractivity contribution in [1.82, 2.24) is 4.98 Å². The van der Waals surface area contributed by atoms with E-state index in [9.17, 15) is 0 Å². The Morgan fingerprint density at radius 1 is 0.969 bits per heavy atom. The minimum atomic E-state index is -1.48. The number of aryl methyl sites for hydroxylation is 3. The fourth-order valence-electron chi connectivity index (χ4n) is 4.61. The van der Waals surface area contributed by atoms with Crippen LogP contribution in [0, 0.1) is 26.2 Å². The van der Waals surface area contributed by atoms with Gasteiger partial charge in [-0.05, 0) is 73.5 Å². The molecule has 5 rings (SSSR count). The standard InChI is InChI=1S/C29H31N2O/c1-17-15-23-22-12-11-18(2)30-28(22)32-27(23)26(19(17)3)25-14-13-21-20(16-29(4,5)6)9-8-10-24(21)31(25)7/h8-15H,16H2,1-7H3/q+1/i16D2. The van der Waals surface area contributed by atoms with Gasteiger partial charge in [-0.3, -0.25) is 0 Å². The summed E-state index contributed by atoms with van der Waals surface area (Å²) in [7, 11) is 2.05. The lowest BCUT2D eigenvalue weighted by atomic mass is 9.86. The van der Waals surface area contributed by atoms with Crippen LogP contribution in [0.4, 0.5) is 0 Å². The van der Waals surface area contributed by atoms with E-state index in [1.165, 1.54) is 11.1 Å². The van der Waals surface area contributed by atoms with Gasteiger partial charge in [0, 0.05) is 36.7 Å². The van der Waals surface area contributed by atoms with Crippen molar-refractivity contribution in [1.29, 1.82) is 0 Å². The molecule has 0 bridgehead atoms. The number of benzene rings is 2. The van der Waals surface area contributed by atoms with Gasteiger partial charge < -0.3 is 4.42 Å². The van der Waals surface area contributed by atoms with E-state index in [-0.39, 0.29) is 0 Å². The van der Waals surface area contributed by atoms with Gasteiger partial charge in [0.2, 0.25) is 16.9 Å². The third kappa shape index (κ3) is 3.28.